The van der Waals surface area contributed by atoms with Gasteiger partial charge in [0.2, 0.25) is 0 Å². The molecule has 2 aromatic heterocycles. The zero-order valence-electron chi connectivity index (χ0n) is 16.7. The van der Waals surface area contributed by atoms with E-state index in [2.05, 4.69) is 20.5 Å². The first-order chi connectivity index (χ1) is 13.5. The number of rotatable bonds is 5. The lowest BCUT2D eigenvalue weighted by atomic mass is 10.1. The van der Waals surface area contributed by atoms with Crippen LogP contribution < -0.4 is 10.1 Å². The number of carboxylic acid groups (broad SMARTS) is 1. The Balaban J connectivity index is 2.20. The number of nitrogens with zero attached hydrogens (tertiary/aromatic N) is 2. The van der Waals surface area contributed by atoms with Crippen LogP contribution in [0, 0.1) is 6.92 Å². The van der Waals surface area contributed by atoms with Gasteiger partial charge in [-0.1, -0.05) is 0 Å². The Labute approximate surface area is 168 Å². The molecule has 0 aliphatic rings. The Morgan fingerprint density at radius 1 is 1.28 bits per heavy atom. The quantitative estimate of drug-likeness (QED) is 0.574. The average Bonchev–Trinajstić information content (AvgIpc) is 3.00. The Hall–Kier alpha value is -3.14. The highest BCUT2D eigenvalue weighted by atomic mass is 32.2. The van der Waals surface area contributed by atoms with Crippen molar-refractivity contribution in [3.05, 3.63) is 35.7 Å². The highest BCUT2D eigenvalue weighted by Crippen LogP contribution is 2.37. The fraction of sp³-hybridized carbons (Fsp3) is 0.316. The molecule has 0 atom stereocenters. The number of methoxy groups -OCH3 is 1. The average molecular weight is 418 g/mol. The summed E-state index contributed by atoms with van der Waals surface area (Å²) in [4.78, 5) is 15.6. The Kier molecular flexibility index (Phi) is 4.99. The summed E-state index contributed by atoms with van der Waals surface area (Å²) in [6, 6.07) is 4.75. The van der Waals surface area contributed by atoms with Gasteiger partial charge in [0, 0.05) is 23.2 Å². The third-order valence-corrected chi connectivity index (χ3v) is 7.11. The van der Waals surface area contributed by atoms with Crippen molar-refractivity contribution >= 4 is 38.2 Å². The van der Waals surface area contributed by atoms with E-state index in [1.807, 2.05) is 0 Å². The largest absolute Gasteiger partial charge is 0.495 e. The first-order valence-electron chi connectivity index (χ1n) is 8.74. The number of hydrogen-bond acceptors (Lipinski definition) is 7. The van der Waals surface area contributed by atoms with Crippen LogP contribution in [0.15, 0.2) is 29.3 Å². The van der Waals surface area contributed by atoms with Crippen molar-refractivity contribution < 1.29 is 23.1 Å². The summed E-state index contributed by atoms with van der Waals surface area (Å²) in [5.41, 5.74) is 1.46. The lowest BCUT2D eigenvalue weighted by Crippen LogP contribution is -2.28. The minimum absolute atomic E-state index is 0.0245. The molecule has 0 bridgehead atoms. The second-order valence-corrected chi connectivity index (χ2v) is 10.2. The van der Waals surface area contributed by atoms with Crippen LogP contribution in [0.1, 0.15) is 36.8 Å². The van der Waals surface area contributed by atoms with Gasteiger partial charge in [0.15, 0.2) is 15.7 Å². The normalized spacial score (nSPS) is 12.2. The maximum atomic E-state index is 13.1. The van der Waals surface area contributed by atoms with E-state index in [1.165, 1.54) is 13.2 Å². The number of benzene rings is 1. The molecule has 0 fully saturated rings. The molecule has 0 radical (unpaired) electrons. The lowest BCUT2D eigenvalue weighted by Gasteiger charge is -2.21. The molecule has 0 spiro atoms. The molecule has 0 amide bonds. The number of fused-ring (bicyclic) bond motifs is 1. The molecule has 2 heterocycles. The number of ether oxygens (including phenoxy) is 1. The number of anilines is 2. The van der Waals surface area contributed by atoms with Crippen LogP contribution in [-0.4, -0.2) is 46.5 Å². The second kappa shape index (κ2) is 7.03. The van der Waals surface area contributed by atoms with Crippen molar-refractivity contribution in [2.24, 2.45) is 0 Å². The van der Waals surface area contributed by atoms with E-state index >= 15 is 0 Å². The van der Waals surface area contributed by atoms with Crippen LogP contribution in [0.5, 0.6) is 5.75 Å². The van der Waals surface area contributed by atoms with E-state index < -0.39 is 20.6 Å². The molecule has 154 valence electrons. The number of hydrogen-bond donors (Lipinski definition) is 3. The van der Waals surface area contributed by atoms with Gasteiger partial charge in [-0.2, -0.15) is 5.10 Å². The number of aromatic carboxylic acids is 1. The van der Waals surface area contributed by atoms with E-state index in [4.69, 9.17) is 4.74 Å². The van der Waals surface area contributed by atoms with Gasteiger partial charge in [0.05, 0.1) is 23.1 Å². The van der Waals surface area contributed by atoms with Crippen LogP contribution in [0.25, 0.3) is 10.9 Å². The Morgan fingerprint density at radius 3 is 2.52 bits per heavy atom. The molecule has 1 aromatic carbocycles. The SMILES string of the molecule is COc1cc2nccc(Nc3n[nH]c(C(=O)O)c3C)c2cc1S(=O)(=O)C(C)(C)C. The fourth-order valence-electron chi connectivity index (χ4n) is 2.82. The molecule has 3 rings (SSSR count). The Bertz CT molecular complexity index is 1210. The molecular formula is C19H22N4O5S. The first kappa shape index (κ1) is 20.6. The van der Waals surface area contributed by atoms with E-state index in [1.54, 1.807) is 46.0 Å². The van der Waals surface area contributed by atoms with Crippen molar-refractivity contribution in [2.45, 2.75) is 37.3 Å². The number of aromatic amines is 1. The number of nitrogens with one attached hydrogen (secondary N) is 2. The fourth-order valence-corrected chi connectivity index (χ4v) is 4.16. The number of pyridine rings is 1. The van der Waals surface area contributed by atoms with Crippen LogP contribution in [0.2, 0.25) is 0 Å². The molecule has 0 aliphatic heterocycles. The maximum absolute atomic E-state index is 13.1. The van der Waals surface area contributed by atoms with Gasteiger partial charge >= 0.3 is 5.97 Å². The third-order valence-electron chi connectivity index (χ3n) is 4.60. The van der Waals surface area contributed by atoms with Gasteiger partial charge in [0.25, 0.3) is 0 Å². The summed E-state index contributed by atoms with van der Waals surface area (Å²) in [6.45, 7) is 6.48. The lowest BCUT2D eigenvalue weighted by molar-refractivity contribution is 0.0689. The van der Waals surface area contributed by atoms with Gasteiger partial charge in [-0.25, -0.2) is 13.2 Å². The summed E-state index contributed by atoms with van der Waals surface area (Å²) < 4.78 is 30.4. The zero-order chi connectivity index (χ0) is 21.6. The number of carbonyl (C=O) groups is 1. The van der Waals surface area contributed by atoms with E-state index in [0.717, 1.165) is 0 Å². The minimum atomic E-state index is -3.70. The number of H-pyrrole nitrogens is 1. The molecule has 0 saturated carbocycles. The highest BCUT2D eigenvalue weighted by molar-refractivity contribution is 7.92. The van der Waals surface area contributed by atoms with Gasteiger partial charge in [-0.3, -0.25) is 10.1 Å². The van der Waals surface area contributed by atoms with Crippen LogP contribution in [0.3, 0.4) is 0 Å². The van der Waals surface area contributed by atoms with Crippen LogP contribution >= 0.6 is 0 Å². The monoisotopic (exact) mass is 418 g/mol. The maximum Gasteiger partial charge on any atom is 0.354 e. The van der Waals surface area contributed by atoms with Crippen molar-refractivity contribution in [1.29, 1.82) is 0 Å². The van der Waals surface area contributed by atoms with Gasteiger partial charge in [-0.05, 0) is 39.8 Å². The van der Waals surface area contributed by atoms with Crippen molar-refractivity contribution in [3.63, 3.8) is 0 Å². The molecule has 3 aromatic rings. The number of carboxylic acids is 1. The molecule has 10 heteroatoms. The summed E-state index contributed by atoms with van der Waals surface area (Å²) in [5, 5.41) is 19.3. The highest BCUT2D eigenvalue weighted by Gasteiger charge is 2.34. The molecule has 0 aliphatic carbocycles. The summed E-state index contributed by atoms with van der Waals surface area (Å²) in [6.07, 6.45) is 1.56. The van der Waals surface area contributed by atoms with E-state index in [-0.39, 0.29) is 16.3 Å². The van der Waals surface area contributed by atoms with Crippen molar-refractivity contribution in [2.75, 3.05) is 12.4 Å². The number of aromatic nitrogens is 3. The van der Waals surface area contributed by atoms with Crippen molar-refractivity contribution in [3.8, 4) is 5.75 Å². The Morgan fingerprint density at radius 2 is 1.97 bits per heavy atom. The summed E-state index contributed by atoms with van der Waals surface area (Å²) in [7, 11) is -2.29. The van der Waals surface area contributed by atoms with E-state index in [9.17, 15) is 18.3 Å². The molecule has 29 heavy (non-hydrogen) atoms. The van der Waals surface area contributed by atoms with Gasteiger partial charge < -0.3 is 15.2 Å². The smallest absolute Gasteiger partial charge is 0.354 e. The third kappa shape index (κ3) is 3.51. The van der Waals surface area contributed by atoms with Gasteiger partial charge in [-0.15, -0.1) is 0 Å². The van der Waals surface area contributed by atoms with E-state index in [0.29, 0.717) is 28.0 Å². The van der Waals surface area contributed by atoms with Crippen LogP contribution in [-0.2, 0) is 9.84 Å². The molecule has 0 unspecified atom stereocenters. The first-order valence-corrected chi connectivity index (χ1v) is 10.2. The molecule has 3 N–H and O–H groups in total. The molecular weight excluding hydrogens is 396 g/mol. The predicted molar refractivity (Wildman–Crippen MR) is 109 cm³/mol. The second-order valence-electron chi connectivity index (χ2n) is 7.50. The minimum Gasteiger partial charge on any atom is -0.495 e. The predicted octanol–water partition coefficient (Wildman–Crippen LogP) is 3.29. The van der Waals surface area contributed by atoms with Crippen molar-refractivity contribution in [1.82, 2.24) is 15.2 Å². The summed E-state index contributed by atoms with van der Waals surface area (Å²) in [5.74, 6) is -0.585. The molecule has 0 saturated heterocycles. The topological polar surface area (TPSA) is 134 Å². The zero-order valence-corrected chi connectivity index (χ0v) is 17.5. The van der Waals surface area contributed by atoms with Crippen LogP contribution in [0.4, 0.5) is 11.5 Å². The number of sulfone groups is 1. The summed E-state index contributed by atoms with van der Waals surface area (Å²) >= 11 is 0. The van der Waals surface area contributed by atoms with Gasteiger partial charge in [0.1, 0.15) is 16.3 Å². The standard InChI is InChI=1S/C19H22N4O5S/c1-10-16(18(24)25)22-23-17(10)21-12-6-7-20-13-9-14(28-5)15(8-11(12)13)29(26,27)19(2,3)4/h6-9H,1-5H3,(H,24,25)(H2,20,21,22,23). The molecule has 9 nitrogen and oxygen atoms in total.